The van der Waals surface area contributed by atoms with Crippen molar-refractivity contribution in [3.05, 3.63) is 33.8 Å². The SMILES string of the molecule is CCOC(=O)C1CCCN(C(=O)c2cc(Br)ccc2C)C1. The summed E-state index contributed by atoms with van der Waals surface area (Å²) in [5.41, 5.74) is 1.63. The van der Waals surface area contributed by atoms with Gasteiger partial charge in [0.15, 0.2) is 0 Å². The maximum absolute atomic E-state index is 12.7. The number of benzene rings is 1. The molecule has 5 heteroatoms. The van der Waals surface area contributed by atoms with Gasteiger partial charge in [-0.15, -0.1) is 0 Å². The highest BCUT2D eigenvalue weighted by molar-refractivity contribution is 9.10. The molecule has 0 saturated carbocycles. The minimum absolute atomic E-state index is 0.0113. The van der Waals surface area contributed by atoms with Gasteiger partial charge in [-0.2, -0.15) is 0 Å². The van der Waals surface area contributed by atoms with Crippen LogP contribution in [-0.4, -0.2) is 36.5 Å². The summed E-state index contributed by atoms with van der Waals surface area (Å²) in [6, 6.07) is 5.68. The fourth-order valence-corrected chi connectivity index (χ4v) is 2.97. The van der Waals surface area contributed by atoms with E-state index in [9.17, 15) is 9.59 Å². The Morgan fingerprint density at radius 2 is 2.19 bits per heavy atom. The number of halogens is 1. The summed E-state index contributed by atoms with van der Waals surface area (Å²) in [5.74, 6) is -0.404. The van der Waals surface area contributed by atoms with Crippen LogP contribution in [0.5, 0.6) is 0 Å². The Morgan fingerprint density at radius 3 is 2.90 bits per heavy atom. The molecular weight excluding hydrogens is 334 g/mol. The number of hydrogen-bond donors (Lipinski definition) is 0. The second-order valence-corrected chi connectivity index (χ2v) is 6.22. The molecule has 2 rings (SSSR count). The average molecular weight is 354 g/mol. The lowest BCUT2D eigenvalue weighted by molar-refractivity contribution is -0.149. The Morgan fingerprint density at radius 1 is 1.43 bits per heavy atom. The van der Waals surface area contributed by atoms with Gasteiger partial charge in [0, 0.05) is 23.1 Å². The first-order valence-electron chi connectivity index (χ1n) is 7.25. The third-order valence-electron chi connectivity index (χ3n) is 3.76. The number of aryl methyl sites for hydroxylation is 1. The number of hydrogen-bond acceptors (Lipinski definition) is 3. The first-order chi connectivity index (χ1) is 10.0. The average Bonchev–Trinajstić information content (AvgIpc) is 2.49. The van der Waals surface area contributed by atoms with Gasteiger partial charge in [-0.1, -0.05) is 22.0 Å². The van der Waals surface area contributed by atoms with Crippen molar-refractivity contribution in [1.82, 2.24) is 4.90 Å². The quantitative estimate of drug-likeness (QED) is 0.784. The second-order valence-electron chi connectivity index (χ2n) is 5.30. The van der Waals surface area contributed by atoms with E-state index in [-0.39, 0.29) is 17.8 Å². The van der Waals surface area contributed by atoms with Crippen LogP contribution in [0, 0.1) is 12.8 Å². The molecule has 0 aromatic heterocycles. The van der Waals surface area contributed by atoms with Gasteiger partial charge in [-0.3, -0.25) is 9.59 Å². The molecule has 1 aliphatic heterocycles. The molecular formula is C16H20BrNO3. The van der Waals surface area contributed by atoms with E-state index in [0.717, 1.165) is 22.9 Å². The molecule has 1 heterocycles. The van der Waals surface area contributed by atoms with E-state index in [1.54, 1.807) is 11.8 Å². The van der Waals surface area contributed by atoms with Gasteiger partial charge in [-0.05, 0) is 44.4 Å². The van der Waals surface area contributed by atoms with E-state index in [1.807, 2.05) is 25.1 Å². The largest absolute Gasteiger partial charge is 0.466 e. The molecule has 1 aliphatic rings. The molecule has 4 nitrogen and oxygen atoms in total. The monoisotopic (exact) mass is 353 g/mol. The Kier molecular flexibility index (Phi) is 5.39. The standard InChI is InChI=1S/C16H20BrNO3/c1-3-21-16(20)12-5-4-8-18(10-12)15(19)14-9-13(17)7-6-11(14)2/h6-7,9,12H,3-5,8,10H2,1-2H3. The van der Waals surface area contributed by atoms with Crippen LogP contribution in [0.25, 0.3) is 0 Å². The molecule has 1 atom stereocenters. The van der Waals surface area contributed by atoms with E-state index in [2.05, 4.69) is 15.9 Å². The number of carbonyl (C=O) groups is 2. The first-order valence-corrected chi connectivity index (χ1v) is 8.04. The van der Waals surface area contributed by atoms with Gasteiger partial charge in [-0.25, -0.2) is 0 Å². The summed E-state index contributed by atoms with van der Waals surface area (Å²) in [7, 11) is 0. The van der Waals surface area contributed by atoms with Crippen molar-refractivity contribution >= 4 is 27.8 Å². The number of carbonyl (C=O) groups excluding carboxylic acids is 2. The Labute approximate surface area is 133 Å². The number of nitrogens with zero attached hydrogens (tertiary/aromatic N) is 1. The lowest BCUT2D eigenvalue weighted by Gasteiger charge is -2.32. The van der Waals surface area contributed by atoms with Crippen LogP contribution in [0.2, 0.25) is 0 Å². The molecule has 1 fully saturated rings. The Hall–Kier alpha value is -1.36. The van der Waals surface area contributed by atoms with Gasteiger partial charge in [0.25, 0.3) is 5.91 Å². The zero-order chi connectivity index (χ0) is 15.4. The maximum Gasteiger partial charge on any atom is 0.310 e. The van der Waals surface area contributed by atoms with E-state index in [4.69, 9.17) is 4.74 Å². The number of esters is 1. The second kappa shape index (κ2) is 7.07. The minimum Gasteiger partial charge on any atom is -0.466 e. The van der Waals surface area contributed by atoms with Crippen LogP contribution in [0.1, 0.15) is 35.7 Å². The van der Waals surface area contributed by atoms with Gasteiger partial charge < -0.3 is 9.64 Å². The molecule has 1 aromatic rings. The van der Waals surface area contributed by atoms with Crippen LogP contribution < -0.4 is 0 Å². The number of rotatable bonds is 3. The van der Waals surface area contributed by atoms with Crippen molar-refractivity contribution in [2.24, 2.45) is 5.92 Å². The fraction of sp³-hybridized carbons (Fsp3) is 0.500. The van der Waals surface area contributed by atoms with Crippen LogP contribution >= 0.6 is 15.9 Å². The number of amides is 1. The van der Waals surface area contributed by atoms with Crippen LogP contribution in [0.15, 0.2) is 22.7 Å². The Balaban J connectivity index is 2.12. The van der Waals surface area contributed by atoms with Gasteiger partial charge in [0.1, 0.15) is 0 Å². The van der Waals surface area contributed by atoms with Crippen LogP contribution in [0.4, 0.5) is 0 Å². The molecule has 114 valence electrons. The summed E-state index contributed by atoms with van der Waals surface area (Å²) in [5, 5.41) is 0. The van der Waals surface area contributed by atoms with Crippen molar-refractivity contribution < 1.29 is 14.3 Å². The van der Waals surface area contributed by atoms with Gasteiger partial charge in [0.05, 0.1) is 12.5 Å². The fourth-order valence-electron chi connectivity index (χ4n) is 2.61. The van der Waals surface area contributed by atoms with E-state index in [0.29, 0.717) is 25.3 Å². The minimum atomic E-state index is -0.199. The molecule has 21 heavy (non-hydrogen) atoms. The normalized spacial score (nSPS) is 18.4. The maximum atomic E-state index is 12.7. The van der Waals surface area contributed by atoms with Crippen LogP contribution in [-0.2, 0) is 9.53 Å². The molecule has 0 N–H and O–H groups in total. The molecule has 0 spiro atoms. The smallest absolute Gasteiger partial charge is 0.310 e. The van der Waals surface area contributed by atoms with Crippen molar-refractivity contribution in [2.45, 2.75) is 26.7 Å². The number of piperidine rings is 1. The number of likely N-dealkylation sites (tertiary alicyclic amines) is 1. The van der Waals surface area contributed by atoms with Gasteiger partial charge in [0.2, 0.25) is 0 Å². The summed E-state index contributed by atoms with van der Waals surface area (Å²) >= 11 is 3.40. The van der Waals surface area contributed by atoms with E-state index < -0.39 is 0 Å². The van der Waals surface area contributed by atoms with E-state index >= 15 is 0 Å². The summed E-state index contributed by atoms with van der Waals surface area (Å²) in [4.78, 5) is 26.3. The first kappa shape index (κ1) is 16.0. The van der Waals surface area contributed by atoms with Crippen molar-refractivity contribution in [2.75, 3.05) is 19.7 Å². The lowest BCUT2D eigenvalue weighted by Crippen LogP contribution is -2.43. The molecule has 0 bridgehead atoms. The van der Waals surface area contributed by atoms with Crippen molar-refractivity contribution in [3.8, 4) is 0 Å². The number of ether oxygens (including phenoxy) is 1. The zero-order valence-electron chi connectivity index (χ0n) is 12.4. The highest BCUT2D eigenvalue weighted by atomic mass is 79.9. The highest BCUT2D eigenvalue weighted by Gasteiger charge is 2.30. The zero-order valence-corrected chi connectivity index (χ0v) is 14.0. The molecule has 0 aliphatic carbocycles. The van der Waals surface area contributed by atoms with Crippen LogP contribution in [0.3, 0.4) is 0 Å². The molecule has 1 amide bonds. The lowest BCUT2D eigenvalue weighted by atomic mass is 9.97. The molecule has 1 unspecified atom stereocenters. The highest BCUT2D eigenvalue weighted by Crippen LogP contribution is 2.23. The molecule has 1 saturated heterocycles. The van der Waals surface area contributed by atoms with Gasteiger partial charge >= 0.3 is 5.97 Å². The summed E-state index contributed by atoms with van der Waals surface area (Å²) in [6.07, 6.45) is 1.63. The molecule has 1 aromatic carbocycles. The summed E-state index contributed by atoms with van der Waals surface area (Å²) < 4.78 is 5.96. The predicted molar refractivity (Wildman–Crippen MR) is 84.1 cm³/mol. The third-order valence-corrected chi connectivity index (χ3v) is 4.25. The Bertz CT molecular complexity index is 544. The topological polar surface area (TPSA) is 46.6 Å². The third kappa shape index (κ3) is 3.84. The van der Waals surface area contributed by atoms with Crippen molar-refractivity contribution in [3.63, 3.8) is 0 Å². The van der Waals surface area contributed by atoms with Crippen molar-refractivity contribution in [1.29, 1.82) is 0 Å². The predicted octanol–water partition coefficient (Wildman–Crippen LogP) is 3.17. The van der Waals surface area contributed by atoms with E-state index in [1.165, 1.54) is 0 Å². The molecule has 0 radical (unpaired) electrons. The summed E-state index contributed by atoms with van der Waals surface area (Å²) in [6.45, 7) is 5.25.